The Kier molecular flexibility index (Phi) is 3.42. The molecule has 0 bridgehead atoms. The Hall–Kier alpha value is -0.410. The Labute approximate surface area is 95.4 Å². The van der Waals surface area contributed by atoms with Crippen molar-refractivity contribution in [2.24, 2.45) is 5.92 Å². The highest BCUT2D eigenvalue weighted by molar-refractivity contribution is 7.11. The fraction of sp³-hybridized carbons (Fsp3) is 0.750. The molecule has 0 saturated heterocycles. The van der Waals surface area contributed by atoms with E-state index >= 15 is 0 Å². The average molecular weight is 225 g/mol. The molecular weight excluding hydrogens is 206 g/mol. The van der Waals surface area contributed by atoms with Crippen LogP contribution in [-0.4, -0.2) is 10.1 Å². The zero-order valence-electron chi connectivity index (χ0n) is 9.49. The highest BCUT2D eigenvalue weighted by Crippen LogP contribution is 2.37. The summed E-state index contributed by atoms with van der Waals surface area (Å²) in [7, 11) is 0. The standard InChI is InChI=1S/C12H19NOS/c1-8-3-5-10(6-4-8)12-13-9(2)11(7-14)15-12/h8,10,14H,3-7H2,1-2H3. The van der Waals surface area contributed by atoms with Crippen LogP contribution in [0.1, 0.15) is 54.1 Å². The van der Waals surface area contributed by atoms with Gasteiger partial charge in [-0.25, -0.2) is 4.98 Å². The Morgan fingerprint density at radius 2 is 2.00 bits per heavy atom. The van der Waals surface area contributed by atoms with Gasteiger partial charge in [0.25, 0.3) is 0 Å². The van der Waals surface area contributed by atoms with Crippen molar-refractivity contribution in [2.75, 3.05) is 0 Å². The minimum atomic E-state index is 0.145. The predicted molar refractivity (Wildman–Crippen MR) is 63.1 cm³/mol. The van der Waals surface area contributed by atoms with Crippen molar-refractivity contribution in [3.05, 3.63) is 15.6 Å². The molecule has 84 valence electrons. The SMILES string of the molecule is Cc1nc(C2CCC(C)CC2)sc1CO. The maximum Gasteiger partial charge on any atom is 0.0962 e. The number of aryl methyl sites for hydroxylation is 1. The summed E-state index contributed by atoms with van der Waals surface area (Å²) in [5.74, 6) is 1.55. The van der Waals surface area contributed by atoms with Crippen molar-refractivity contribution in [3.8, 4) is 0 Å². The van der Waals surface area contributed by atoms with Crippen LogP contribution in [0.2, 0.25) is 0 Å². The molecule has 0 radical (unpaired) electrons. The van der Waals surface area contributed by atoms with Crippen molar-refractivity contribution in [1.29, 1.82) is 0 Å². The number of rotatable bonds is 2. The minimum absolute atomic E-state index is 0.145. The number of nitrogens with zero attached hydrogens (tertiary/aromatic N) is 1. The maximum atomic E-state index is 9.14. The highest BCUT2D eigenvalue weighted by Gasteiger charge is 2.22. The summed E-state index contributed by atoms with van der Waals surface area (Å²) in [6.07, 6.45) is 5.22. The first-order valence-corrected chi connectivity index (χ1v) is 6.59. The molecular formula is C12H19NOS. The zero-order valence-corrected chi connectivity index (χ0v) is 10.3. The summed E-state index contributed by atoms with van der Waals surface area (Å²) >= 11 is 1.71. The lowest BCUT2D eigenvalue weighted by Crippen LogP contribution is -2.10. The molecule has 1 aliphatic rings. The molecule has 15 heavy (non-hydrogen) atoms. The van der Waals surface area contributed by atoms with Crippen molar-refractivity contribution >= 4 is 11.3 Å². The van der Waals surface area contributed by atoms with Crippen LogP contribution < -0.4 is 0 Å². The molecule has 3 heteroatoms. The molecule has 1 aliphatic carbocycles. The van der Waals surface area contributed by atoms with E-state index in [4.69, 9.17) is 5.11 Å². The number of aliphatic hydroxyl groups excluding tert-OH is 1. The van der Waals surface area contributed by atoms with E-state index in [-0.39, 0.29) is 6.61 Å². The highest BCUT2D eigenvalue weighted by atomic mass is 32.1. The van der Waals surface area contributed by atoms with Crippen LogP contribution in [0.3, 0.4) is 0 Å². The molecule has 0 spiro atoms. The molecule has 1 fully saturated rings. The van der Waals surface area contributed by atoms with Crippen molar-refractivity contribution in [3.63, 3.8) is 0 Å². The van der Waals surface area contributed by atoms with Crippen LogP contribution in [0.4, 0.5) is 0 Å². The van der Waals surface area contributed by atoms with Gasteiger partial charge in [-0.05, 0) is 25.7 Å². The van der Waals surface area contributed by atoms with Crippen molar-refractivity contribution in [2.45, 2.75) is 52.1 Å². The van der Waals surface area contributed by atoms with Crippen molar-refractivity contribution < 1.29 is 5.11 Å². The Bertz CT molecular complexity index is 326. The number of hydrogen-bond donors (Lipinski definition) is 1. The predicted octanol–water partition coefficient (Wildman–Crippen LogP) is 3.24. The van der Waals surface area contributed by atoms with E-state index in [1.165, 1.54) is 30.7 Å². The fourth-order valence-corrected chi connectivity index (χ4v) is 3.37. The fourth-order valence-electron chi connectivity index (χ4n) is 2.28. The van der Waals surface area contributed by atoms with Crippen LogP contribution >= 0.6 is 11.3 Å². The van der Waals surface area contributed by atoms with E-state index in [1.54, 1.807) is 11.3 Å². The van der Waals surface area contributed by atoms with Gasteiger partial charge in [0.1, 0.15) is 0 Å². The first kappa shape index (κ1) is 11.1. The lowest BCUT2D eigenvalue weighted by molar-refractivity contribution is 0.284. The van der Waals surface area contributed by atoms with Gasteiger partial charge in [-0.2, -0.15) is 0 Å². The van der Waals surface area contributed by atoms with Gasteiger partial charge in [-0.3, -0.25) is 0 Å². The summed E-state index contributed by atoms with van der Waals surface area (Å²) in [4.78, 5) is 5.63. The van der Waals surface area contributed by atoms with E-state index in [0.29, 0.717) is 5.92 Å². The summed E-state index contributed by atoms with van der Waals surface area (Å²) in [6, 6.07) is 0. The average Bonchev–Trinajstić information content (AvgIpc) is 2.61. The van der Waals surface area contributed by atoms with Crippen LogP contribution in [0.5, 0.6) is 0 Å². The van der Waals surface area contributed by atoms with E-state index < -0.39 is 0 Å². The van der Waals surface area contributed by atoms with Crippen molar-refractivity contribution in [1.82, 2.24) is 4.98 Å². The third kappa shape index (κ3) is 2.40. The molecule has 2 rings (SSSR count). The molecule has 1 heterocycles. The molecule has 1 aromatic heterocycles. The normalized spacial score (nSPS) is 26.9. The molecule has 1 aromatic rings. The van der Waals surface area contributed by atoms with Crippen LogP contribution in [0.25, 0.3) is 0 Å². The number of thiazole rings is 1. The first-order valence-electron chi connectivity index (χ1n) is 5.77. The van der Waals surface area contributed by atoms with E-state index in [2.05, 4.69) is 11.9 Å². The summed E-state index contributed by atoms with van der Waals surface area (Å²) in [6.45, 7) is 4.48. The maximum absolute atomic E-state index is 9.14. The monoisotopic (exact) mass is 225 g/mol. The lowest BCUT2D eigenvalue weighted by atomic mass is 9.83. The van der Waals surface area contributed by atoms with Gasteiger partial charge in [0.15, 0.2) is 0 Å². The zero-order chi connectivity index (χ0) is 10.8. The third-order valence-corrected chi connectivity index (χ3v) is 4.72. The Morgan fingerprint density at radius 3 is 2.53 bits per heavy atom. The summed E-state index contributed by atoms with van der Waals surface area (Å²) in [5, 5.41) is 10.4. The minimum Gasteiger partial charge on any atom is -0.391 e. The quantitative estimate of drug-likeness (QED) is 0.838. The van der Waals surface area contributed by atoms with E-state index in [9.17, 15) is 0 Å². The van der Waals surface area contributed by atoms with Gasteiger partial charge in [0.2, 0.25) is 0 Å². The smallest absolute Gasteiger partial charge is 0.0962 e. The number of aliphatic hydroxyl groups is 1. The molecule has 0 atom stereocenters. The molecule has 1 saturated carbocycles. The van der Waals surface area contributed by atoms with Gasteiger partial charge in [0, 0.05) is 5.92 Å². The van der Waals surface area contributed by atoms with Gasteiger partial charge in [-0.15, -0.1) is 11.3 Å². The topological polar surface area (TPSA) is 33.1 Å². The largest absolute Gasteiger partial charge is 0.391 e. The first-order chi connectivity index (χ1) is 7.20. The van der Waals surface area contributed by atoms with Gasteiger partial charge in [0.05, 0.1) is 22.2 Å². The van der Waals surface area contributed by atoms with Gasteiger partial charge in [-0.1, -0.05) is 19.8 Å². The summed E-state index contributed by atoms with van der Waals surface area (Å²) in [5.41, 5.74) is 1.02. The molecule has 0 unspecified atom stereocenters. The van der Waals surface area contributed by atoms with Crippen LogP contribution in [-0.2, 0) is 6.61 Å². The van der Waals surface area contributed by atoms with Crippen LogP contribution in [0.15, 0.2) is 0 Å². The van der Waals surface area contributed by atoms with E-state index in [0.717, 1.165) is 16.5 Å². The third-order valence-electron chi connectivity index (χ3n) is 3.42. The second kappa shape index (κ2) is 4.62. The van der Waals surface area contributed by atoms with Gasteiger partial charge < -0.3 is 5.11 Å². The number of aromatic nitrogens is 1. The number of hydrogen-bond acceptors (Lipinski definition) is 3. The second-order valence-electron chi connectivity index (χ2n) is 4.68. The Balaban J connectivity index is 2.09. The van der Waals surface area contributed by atoms with Crippen LogP contribution in [0, 0.1) is 12.8 Å². The van der Waals surface area contributed by atoms with E-state index in [1.807, 2.05) is 6.92 Å². The second-order valence-corrected chi connectivity index (χ2v) is 5.79. The summed E-state index contributed by atoms with van der Waals surface area (Å²) < 4.78 is 0. The molecule has 0 aromatic carbocycles. The molecule has 0 amide bonds. The van der Waals surface area contributed by atoms with Gasteiger partial charge >= 0.3 is 0 Å². The molecule has 2 nitrogen and oxygen atoms in total. The molecule has 1 N–H and O–H groups in total. The Morgan fingerprint density at radius 1 is 1.33 bits per heavy atom. The lowest BCUT2D eigenvalue weighted by Gasteiger charge is -2.24. The molecule has 0 aliphatic heterocycles.